The van der Waals surface area contributed by atoms with Crippen LogP contribution in [0, 0.1) is 0 Å². The number of unbranched alkanes of at least 4 members (excludes halogenated alkanes) is 1. The number of ether oxygens (including phenoxy) is 3. The minimum Gasteiger partial charge on any atom is -0.490 e. The van der Waals surface area contributed by atoms with Crippen LogP contribution in [0.4, 0.5) is 5.69 Å². The molecule has 0 aliphatic rings. The van der Waals surface area contributed by atoms with Crippen LogP contribution in [0.25, 0.3) is 0 Å². The Balaban J connectivity index is 2.03. The Morgan fingerprint density at radius 2 is 1.97 bits per heavy atom. The third-order valence-corrected chi connectivity index (χ3v) is 4.21. The molecule has 0 fully saturated rings. The van der Waals surface area contributed by atoms with Crippen LogP contribution in [-0.4, -0.2) is 36.2 Å². The zero-order chi connectivity index (χ0) is 21.2. The van der Waals surface area contributed by atoms with Gasteiger partial charge in [-0.25, -0.2) is 9.78 Å². The van der Waals surface area contributed by atoms with Crippen molar-refractivity contribution < 1.29 is 23.8 Å². The van der Waals surface area contributed by atoms with Crippen LogP contribution in [0.5, 0.6) is 11.5 Å². The summed E-state index contributed by atoms with van der Waals surface area (Å²) in [5.74, 6) is -0.144. The van der Waals surface area contributed by atoms with Gasteiger partial charge in [0.1, 0.15) is 0 Å². The Kier molecular flexibility index (Phi) is 8.73. The molecule has 29 heavy (non-hydrogen) atoms. The largest absolute Gasteiger partial charge is 0.490 e. The first-order chi connectivity index (χ1) is 14.0. The van der Waals surface area contributed by atoms with Gasteiger partial charge in [0.05, 0.1) is 24.5 Å². The van der Waals surface area contributed by atoms with Gasteiger partial charge in [-0.3, -0.25) is 4.79 Å². The van der Waals surface area contributed by atoms with Crippen molar-refractivity contribution in [2.45, 2.75) is 39.7 Å². The summed E-state index contributed by atoms with van der Waals surface area (Å²) < 4.78 is 16.5. The summed E-state index contributed by atoms with van der Waals surface area (Å²) in [5.41, 5.74) is 0.602. The highest BCUT2D eigenvalue weighted by molar-refractivity contribution is 6.32. The van der Waals surface area contributed by atoms with Crippen LogP contribution in [0.15, 0.2) is 36.5 Å². The molecule has 156 valence electrons. The monoisotopic (exact) mass is 420 g/mol. The number of hydrogen-bond acceptors (Lipinski definition) is 6. The highest BCUT2D eigenvalue weighted by Crippen LogP contribution is 2.29. The maximum Gasteiger partial charge on any atom is 0.339 e. The average Bonchev–Trinajstić information content (AvgIpc) is 2.71. The number of esters is 1. The number of aromatic nitrogens is 1. The maximum absolute atomic E-state index is 12.5. The van der Waals surface area contributed by atoms with Crippen molar-refractivity contribution in [3.63, 3.8) is 0 Å². The van der Waals surface area contributed by atoms with Gasteiger partial charge >= 0.3 is 5.97 Å². The predicted molar refractivity (Wildman–Crippen MR) is 111 cm³/mol. The molecule has 0 saturated heterocycles. The summed E-state index contributed by atoms with van der Waals surface area (Å²) in [6.07, 6.45) is 2.41. The van der Waals surface area contributed by atoms with Crippen molar-refractivity contribution in [2.75, 3.05) is 18.5 Å². The van der Waals surface area contributed by atoms with E-state index in [-0.39, 0.29) is 10.7 Å². The lowest BCUT2D eigenvalue weighted by Gasteiger charge is -2.15. The van der Waals surface area contributed by atoms with Crippen LogP contribution >= 0.6 is 11.6 Å². The SMILES string of the molecule is CCCCOc1ccc(C(=O)OC(C)C(=O)Nc2cccnc2Cl)cc1OCC. The normalized spacial score (nSPS) is 11.4. The Bertz CT molecular complexity index is 844. The molecule has 7 nitrogen and oxygen atoms in total. The van der Waals surface area contributed by atoms with Crippen molar-refractivity contribution in [1.82, 2.24) is 4.98 Å². The predicted octanol–water partition coefficient (Wildman–Crippen LogP) is 4.50. The molecule has 0 radical (unpaired) electrons. The molecule has 2 aromatic rings. The lowest BCUT2D eigenvalue weighted by Crippen LogP contribution is -2.30. The molecular weight excluding hydrogens is 396 g/mol. The average molecular weight is 421 g/mol. The second-order valence-electron chi connectivity index (χ2n) is 6.18. The number of pyridine rings is 1. The number of anilines is 1. The molecule has 0 aliphatic heterocycles. The molecule has 2 rings (SSSR count). The molecule has 1 amide bonds. The number of carbonyl (C=O) groups is 2. The molecule has 1 heterocycles. The van der Waals surface area contributed by atoms with Crippen LogP contribution in [-0.2, 0) is 9.53 Å². The van der Waals surface area contributed by atoms with Crippen molar-refractivity contribution in [3.05, 3.63) is 47.2 Å². The third kappa shape index (κ3) is 6.64. The molecule has 1 unspecified atom stereocenters. The minimum atomic E-state index is -1.03. The molecule has 0 saturated carbocycles. The Morgan fingerprint density at radius 3 is 2.66 bits per heavy atom. The molecule has 1 aromatic heterocycles. The molecule has 1 aromatic carbocycles. The van der Waals surface area contributed by atoms with Crippen LogP contribution < -0.4 is 14.8 Å². The van der Waals surface area contributed by atoms with E-state index in [0.717, 1.165) is 12.8 Å². The van der Waals surface area contributed by atoms with E-state index in [9.17, 15) is 9.59 Å². The number of nitrogens with zero attached hydrogens (tertiary/aromatic N) is 1. The van der Waals surface area contributed by atoms with E-state index in [2.05, 4.69) is 17.2 Å². The molecule has 0 spiro atoms. The highest BCUT2D eigenvalue weighted by Gasteiger charge is 2.21. The van der Waals surface area contributed by atoms with Gasteiger partial charge in [0.25, 0.3) is 5.91 Å². The Morgan fingerprint density at radius 1 is 1.17 bits per heavy atom. The van der Waals surface area contributed by atoms with Gasteiger partial charge < -0.3 is 19.5 Å². The fraction of sp³-hybridized carbons (Fsp3) is 0.381. The zero-order valence-corrected chi connectivity index (χ0v) is 17.5. The van der Waals surface area contributed by atoms with E-state index in [1.165, 1.54) is 13.1 Å². The first-order valence-electron chi connectivity index (χ1n) is 9.48. The van der Waals surface area contributed by atoms with Crippen LogP contribution in [0.3, 0.4) is 0 Å². The smallest absolute Gasteiger partial charge is 0.339 e. The fourth-order valence-corrected chi connectivity index (χ4v) is 2.51. The number of hydrogen-bond donors (Lipinski definition) is 1. The van der Waals surface area contributed by atoms with Gasteiger partial charge in [-0.05, 0) is 50.6 Å². The van der Waals surface area contributed by atoms with E-state index in [4.69, 9.17) is 25.8 Å². The number of carbonyl (C=O) groups excluding carboxylic acids is 2. The zero-order valence-electron chi connectivity index (χ0n) is 16.7. The standard InChI is InChI=1S/C21H25ClN2O5/c1-4-6-12-28-17-10-9-15(13-18(17)27-5-2)21(26)29-14(3)20(25)24-16-8-7-11-23-19(16)22/h7-11,13-14H,4-6,12H2,1-3H3,(H,24,25). The molecule has 0 aliphatic carbocycles. The molecular formula is C21H25ClN2O5. The quantitative estimate of drug-likeness (QED) is 0.346. The van der Waals surface area contributed by atoms with Crippen molar-refractivity contribution >= 4 is 29.2 Å². The Hall–Kier alpha value is -2.80. The minimum absolute atomic E-state index is 0.152. The number of benzene rings is 1. The number of rotatable bonds is 10. The number of amides is 1. The first-order valence-corrected chi connectivity index (χ1v) is 9.86. The van der Waals surface area contributed by atoms with Gasteiger partial charge in [-0.1, -0.05) is 24.9 Å². The topological polar surface area (TPSA) is 86.8 Å². The van der Waals surface area contributed by atoms with Gasteiger partial charge in [0.15, 0.2) is 22.8 Å². The highest BCUT2D eigenvalue weighted by atomic mass is 35.5. The van der Waals surface area contributed by atoms with Crippen molar-refractivity contribution in [3.8, 4) is 11.5 Å². The molecule has 1 N–H and O–H groups in total. The maximum atomic E-state index is 12.5. The second kappa shape index (κ2) is 11.3. The molecule has 0 bridgehead atoms. The van der Waals surface area contributed by atoms with Crippen molar-refractivity contribution in [2.24, 2.45) is 0 Å². The van der Waals surface area contributed by atoms with E-state index >= 15 is 0 Å². The van der Waals surface area contributed by atoms with E-state index < -0.39 is 18.0 Å². The summed E-state index contributed by atoms with van der Waals surface area (Å²) in [6.45, 7) is 6.38. The van der Waals surface area contributed by atoms with Crippen LogP contribution in [0.2, 0.25) is 5.15 Å². The number of nitrogens with one attached hydrogen (secondary N) is 1. The Labute approximate surface area is 175 Å². The van der Waals surface area contributed by atoms with Gasteiger partial charge in [-0.15, -0.1) is 0 Å². The summed E-state index contributed by atoms with van der Waals surface area (Å²) >= 11 is 5.92. The number of halogens is 1. The summed E-state index contributed by atoms with van der Waals surface area (Å²) in [5, 5.41) is 2.73. The van der Waals surface area contributed by atoms with Crippen LogP contribution in [0.1, 0.15) is 44.0 Å². The molecule has 1 atom stereocenters. The summed E-state index contributed by atoms with van der Waals surface area (Å²) in [6, 6.07) is 8.03. The van der Waals surface area contributed by atoms with E-state index in [1.807, 2.05) is 6.92 Å². The van der Waals surface area contributed by atoms with Gasteiger partial charge in [0, 0.05) is 6.20 Å². The van der Waals surface area contributed by atoms with Crippen molar-refractivity contribution in [1.29, 1.82) is 0 Å². The van der Waals surface area contributed by atoms with Gasteiger partial charge in [0.2, 0.25) is 0 Å². The summed E-state index contributed by atoms with van der Waals surface area (Å²) in [4.78, 5) is 28.6. The van der Waals surface area contributed by atoms with Gasteiger partial charge in [-0.2, -0.15) is 0 Å². The van der Waals surface area contributed by atoms with E-state index in [0.29, 0.717) is 30.4 Å². The summed E-state index contributed by atoms with van der Waals surface area (Å²) in [7, 11) is 0. The second-order valence-corrected chi connectivity index (χ2v) is 6.53. The van der Waals surface area contributed by atoms with E-state index in [1.54, 1.807) is 30.3 Å². The third-order valence-electron chi connectivity index (χ3n) is 3.90. The lowest BCUT2D eigenvalue weighted by molar-refractivity contribution is -0.123. The molecule has 8 heteroatoms. The lowest BCUT2D eigenvalue weighted by atomic mass is 10.2. The first kappa shape index (κ1) is 22.5. The fourth-order valence-electron chi connectivity index (χ4n) is 2.34.